The molecule has 0 saturated carbocycles. The Balaban J connectivity index is 2.34. The van der Waals surface area contributed by atoms with Crippen molar-refractivity contribution in [1.29, 1.82) is 0 Å². The number of methoxy groups -OCH3 is 1. The Kier molecular flexibility index (Phi) is 5.71. The molecule has 1 amide bonds. The van der Waals surface area contributed by atoms with Crippen molar-refractivity contribution in [2.24, 2.45) is 0 Å². The molecule has 128 valence electrons. The predicted molar refractivity (Wildman–Crippen MR) is 86.1 cm³/mol. The van der Waals surface area contributed by atoms with Crippen molar-refractivity contribution in [3.63, 3.8) is 0 Å². The zero-order valence-electron chi connectivity index (χ0n) is 12.8. The molecule has 24 heavy (non-hydrogen) atoms. The predicted octanol–water partition coefficient (Wildman–Crippen LogP) is 4.53. The van der Waals surface area contributed by atoms with E-state index in [1.165, 1.54) is 19.2 Å². The number of amides is 1. The van der Waals surface area contributed by atoms with E-state index in [-0.39, 0.29) is 5.56 Å². The first-order valence-electron chi connectivity index (χ1n) is 6.84. The maximum atomic E-state index is 13.6. The molecular weight excluding hydrogens is 391 g/mol. The van der Waals surface area contributed by atoms with Crippen LogP contribution < -0.4 is 14.8 Å². The minimum atomic E-state index is -1.65. The smallest absolute Gasteiger partial charge is 0.255 e. The maximum absolute atomic E-state index is 13.6. The van der Waals surface area contributed by atoms with Crippen LogP contribution >= 0.6 is 15.9 Å². The van der Waals surface area contributed by atoms with Gasteiger partial charge in [0.05, 0.1) is 23.9 Å². The van der Waals surface area contributed by atoms with Crippen molar-refractivity contribution in [3.05, 3.63) is 51.8 Å². The third-order valence-corrected chi connectivity index (χ3v) is 3.65. The normalized spacial score (nSPS) is 10.4. The van der Waals surface area contributed by atoms with Gasteiger partial charge in [-0.05, 0) is 47.1 Å². The molecule has 0 aliphatic heterocycles. The van der Waals surface area contributed by atoms with Crippen molar-refractivity contribution in [3.8, 4) is 11.5 Å². The van der Waals surface area contributed by atoms with Gasteiger partial charge in [-0.15, -0.1) is 0 Å². The van der Waals surface area contributed by atoms with Crippen LogP contribution in [0, 0.1) is 17.5 Å². The van der Waals surface area contributed by atoms with Crippen LogP contribution in [-0.2, 0) is 0 Å². The first-order chi connectivity index (χ1) is 11.4. The molecule has 0 aromatic heterocycles. The highest BCUT2D eigenvalue weighted by Gasteiger charge is 2.19. The highest BCUT2D eigenvalue weighted by molar-refractivity contribution is 9.10. The number of halogens is 4. The summed E-state index contributed by atoms with van der Waals surface area (Å²) in [5, 5.41) is 2.19. The summed E-state index contributed by atoms with van der Waals surface area (Å²) in [4.78, 5) is 12.2. The molecule has 0 aliphatic rings. The van der Waals surface area contributed by atoms with Gasteiger partial charge >= 0.3 is 0 Å². The molecule has 0 atom stereocenters. The third-order valence-electron chi connectivity index (χ3n) is 3.06. The fourth-order valence-corrected chi connectivity index (χ4v) is 2.51. The van der Waals surface area contributed by atoms with Crippen molar-refractivity contribution in [2.75, 3.05) is 19.0 Å². The minimum Gasteiger partial charge on any atom is -0.493 e. The summed E-state index contributed by atoms with van der Waals surface area (Å²) in [7, 11) is 1.40. The van der Waals surface area contributed by atoms with Gasteiger partial charge in [0.25, 0.3) is 5.91 Å². The molecule has 0 radical (unpaired) electrons. The molecule has 0 fully saturated rings. The molecular formula is C16H13BrF3NO3. The van der Waals surface area contributed by atoms with Crippen LogP contribution in [-0.4, -0.2) is 19.6 Å². The van der Waals surface area contributed by atoms with Gasteiger partial charge in [-0.1, -0.05) is 0 Å². The molecule has 8 heteroatoms. The van der Waals surface area contributed by atoms with E-state index in [9.17, 15) is 18.0 Å². The van der Waals surface area contributed by atoms with E-state index in [1.807, 2.05) is 0 Å². The van der Waals surface area contributed by atoms with Crippen LogP contribution in [0.5, 0.6) is 11.5 Å². The number of hydrogen-bond donors (Lipinski definition) is 1. The number of carbonyl (C=O) groups excluding carboxylic acids is 1. The highest BCUT2D eigenvalue weighted by atomic mass is 79.9. The van der Waals surface area contributed by atoms with Gasteiger partial charge in [-0.25, -0.2) is 13.2 Å². The number of ether oxygens (including phenoxy) is 2. The van der Waals surface area contributed by atoms with Crippen LogP contribution in [0.4, 0.5) is 18.9 Å². The van der Waals surface area contributed by atoms with Crippen LogP contribution in [0.1, 0.15) is 17.3 Å². The molecule has 0 spiro atoms. The van der Waals surface area contributed by atoms with Gasteiger partial charge in [0.1, 0.15) is 0 Å². The van der Waals surface area contributed by atoms with Gasteiger partial charge < -0.3 is 14.8 Å². The molecule has 0 aliphatic carbocycles. The molecule has 0 bridgehead atoms. The Labute approximate surface area is 144 Å². The standard InChI is InChI=1S/C16H13BrF3NO3/c1-3-24-15-9(17)6-8(7-12(15)23-2)16(22)21-11-5-4-10(18)13(19)14(11)20/h4-7H,3H2,1-2H3,(H,21,22). The zero-order valence-corrected chi connectivity index (χ0v) is 14.3. The van der Waals surface area contributed by atoms with Crippen molar-refractivity contribution < 1.29 is 27.4 Å². The average Bonchev–Trinajstić information content (AvgIpc) is 2.57. The van der Waals surface area contributed by atoms with Crippen LogP contribution in [0.2, 0.25) is 0 Å². The van der Waals surface area contributed by atoms with Crippen molar-refractivity contribution in [2.45, 2.75) is 6.92 Å². The third kappa shape index (κ3) is 3.64. The summed E-state index contributed by atoms with van der Waals surface area (Å²) in [5.41, 5.74) is -0.353. The molecule has 0 unspecified atom stereocenters. The second-order valence-corrected chi connectivity index (χ2v) is 5.45. The summed E-state index contributed by atoms with van der Waals surface area (Å²) < 4.78 is 50.8. The zero-order chi connectivity index (χ0) is 17.9. The largest absolute Gasteiger partial charge is 0.493 e. The van der Waals surface area contributed by atoms with E-state index in [0.29, 0.717) is 22.6 Å². The summed E-state index contributed by atoms with van der Waals surface area (Å²) in [6.45, 7) is 2.18. The summed E-state index contributed by atoms with van der Waals surface area (Å²) in [5.74, 6) is -4.48. The van der Waals surface area contributed by atoms with Crippen molar-refractivity contribution >= 4 is 27.5 Å². The topological polar surface area (TPSA) is 47.6 Å². The maximum Gasteiger partial charge on any atom is 0.255 e. The molecule has 2 aromatic rings. The van der Waals surface area contributed by atoms with E-state index in [0.717, 1.165) is 12.1 Å². The lowest BCUT2D eigenvalue weighted by molar-refractivity contribution is 0.102. The van der Waals surface area contributed by atoms with Gasteiger partial charge in [-0.3, -0.25) is 4.79 Å². The lowest BCUT2D eigenvalue weighted by atomic mass is 10.1. The Morgan fingerprint density at radius 1 is 1.21 bits per heavy atom. The molecule has 2 aromatic carbocycles. The van der Waals surface area contributed by atoms with Crippen LogP contribution in [0.25, 0.3) is 0 Å². The number of hydrogen-bond acceptors (Lipinski definition) is 3. The summed E-state index contributed by atoms with van der Waals surface area (Å²) in [6.07, 6.45) is 0. The second kappa shape index (κ2) is 7.57. The summed E-state index contributed by atoms with van der Waals surface area (Å²) in [6, 6.07) is 4.50. The van der Waals surface area contributed by atoms with E-state index in [1.54, 1.807) is 6.92 Å². The monoisotopic (exact) mass is 403 g/mol. The molecule has 4 nitrogen and oxygen atoms in total. The van der Waals surface area contributed by atoms with E-state index in [2.05, 4.69) is 21.2 Å². The molecule has 1 N–H and O–H groups in total. The minimum absolute atomic E-state index is 0.117. The molecule has 2 rings (SSSR count). The average molecular weight is 404 g/mol. The number of anilines is 1. The Morgan fingerprint density at radius 3 is 2.54 bits per heavy atom. The number of rotatable bonds is 5. The van der Waals surface area contributed by atoms with E-state index in [4.69, 9.17) is 9.47 Å². The number of nitrogens with one attached hydrogen (secondary N) is 1. The number of benzene rings is 2. The lowest BCUT2D eigenvalue weighted by Crippen LogP contribution is -2.14. The van der Waals surface area contributed by atoms with Gasteiger partial charge in [0.2, 0.25) is 0 Å². The Hall–Kier alpha value is -2.22. The first-order valence-corrected chi connectivity index (χ1v) is 7.63. The van der Waals surface area contributed by atoms with Gasteiger partial charge in [-0.2, -0.15) is 0 Å². The molecule has 0 heterocycles. The summed E-state index contributed by atoms with van der Waals surface area (Å²) >= 11 is 3.26. The number of carbonyl (C=O) groups is 1. The molecule has 0 saturated heterocycles. The SMILES string of the molecule is CCOc1c(Br)cc(C(=O)Nc2ccc(F)c(F)c2F)cc1OC. The van der Waals surface area contributed by atoms with Crippen LogP contribution in [0.3, 0.4) is 0 Å². The highest BCUT2D eigenvalue weighted by Crippen LogP contribution is 2.37. The first kappa shape index (κ1) is 18.1. The van der Waals surface area contributed by atoms with Crippen LogP contribution in [0.15, 0.2) is 28.7 Å². The van der Waals surface area contributed by atoms with Crippen molar-refractivity contribution in [1.82, 2.24) is 0 Å². The fraction of sp³-hybridized carbons (Fsp3) is 0.188. The Morgan fingerprint density at radius 2 is 1.92 bits per heavy atom. The van der Waals surface area contributed by atoms with E-state index < -0.39 is 29.0 Å². The van der Waals surface area contributed by atoms with Gasteiger partial charge in [0.15, 0.2) is 29.0 Å². The second-order valence-electron chi connectivity index (χ2n) is 4.60. The fourth-order valence-electron chi connectivity index (χ4n) is 1.95. The Bertz CT molecular complexity index is 784. The van der Waals surface area contributed by atoms with Gasteiger partial charge in [0, 0.05) is 5.56 Å². The quantitative estimate of drug-likeness (QED) is 0.746. The van der Waals surface area contributed by atoms with E-state index >= 15 is 0 Å². The lowest BCUT2D eigenvalue weighted by Gasteiger charge is -2.13.